The number of aromatic nitrogens is 3. The number of nitrogens with zero attached hydrogens (tertiary/aromatic N) is 5. The van der Waals surface area contributed by atoms with Gasteiger partial charge >= 0.3 is 0 Å². The van der Waals surface area contributed by atoms with E-state index in [0.29, 0.717) is 22.9 Å². The van der Waals surface area contributed by atoms with Gasteiger partial charge in [-0.15, -0.1) is 11.3 Å². The van der Waals surface area contributed by atoms with Crippen LogP contribution in [0.15, 0.2) is 0 Å². The molecule has 2 heterocycles. The van der Waals surface area contributed by atoms with Crippen LogP contribution in [-0.2, 0) is 28.5 Å². The lowest BCUT2D eigenvalue weighted by atomic mass is 9.63. The zero-order chi connectivity index (χ0) is 21.3. The molecule has 2 aromatic rings. The van der Waals surface area contributed by atoms with E-state index in [-0.39, 0.29) is 17.3 Å². The fraction of sp³-hybridized carbons (Fsp3) is 0.545. The molecule has 2 aromatic heterocycles. The highest BCUT2D eigenvalue weighted by Gasteiger charge is 2.73. The SMILES string of the molecule is CC12CCC(C(=O)Nc3nc4c(s3)CCCC4)(c3nc(C#N)c(C#N)nc31)C2(C)C. The predicted octanol–water partition coefficient (Wildman–Crippen LogP) is 3.52. The maximum Gasteiger partial charge on any atom is 0.239 e. The Kier molecular flexibility index (Phi) is 3.88. The average Bonchev–Trinajstić information content (AvgIpc) is 3.28. The molecular weight excluding hydrogens is 396 g/mol. The Morgan fingerprint density at radius 2 is 1.67 bits per heavy atom. The molecule has 1 amide bonds. The molecule has 1 saturated carbocycles. The zero-order valence-electron chi connectivity index (χ0n) is 17.3. The minimum absolute atomic E-state index is 0.0138. The summed E-state index contributed by atoms with van der Waals surface area (Å²) in [6.07, 6.45) is 5.70. The van der Waals surface area contributed by atoms with Gasteiger partial charge in [0.1, 0.15) is 12.1 Å². The Morgan fingerprint density at radius 3 is 2.33 bits per heavy atom. The fourth-order valence-corrected chi connectivity index (χ4v) is 6.79. The van der Waals surface area contributed by atoms with Gasteiger partial charge in [0, 0.05) is 10.3 Å². The lowest BCUT2D eigenvalue weighted by Crippen LogP contribution is -2.48. The van der Waals surface area contributed by atoms with Crippen molar-refractivity contribution in [2.24, 2.45) is 5.41 Å². The van der Waals surface area contributed by atoms with Crippen molar-refractivity contribution in [3.05, 3.63) is 33.3 Å². The summed E-state index contributed by atoms with van der Waals surface area (Å²) in [6.45, 7) is 6.25. The Balaban J connectivity index is 1.62. The van der Waals surface area contributed by atoms with Crippen LogP contribution in [0.4, 0.5) is 5.13 Å². The molecule has 2 unspecified atom stereocenters. The number of aryl methyl sites for hydroxylation is 2. The molecule has 0 radical (unpaired) electrons. The Bertz CT molecular complexity index is 1160. The molecule has 0 aromatic carbocycles. The van der Waals surface area contributed by atoms with Crippen molar-refractivity contribution in [2.75, 3.05) is 5.32 Å². The van der Waals surface area contributed by atoms with Gasteiger partial charge in [-0.2, -0.15) is 10.5 Å². The topological polar surface area (TPSA) is 115 Å². The van der Waals surface area contributed by atoms with Gasteiger partial charge in [0.05, 0.1) is 22.5 Å². The average molecular weight is 419 g/mol. The molecule has 152 valence electrons. The Morgan fingerprint density at radius 1 is 1.00 bits per heavy atom. The van der Waals surface area contributed by atoms with Crippen molar-refractivity contribution in [3.8, 4) is 12.1 Å². The Hall–Kier alpha value is -2.84. The van der Waals surface area contributed by atoms with E-state index in [1.807, 2.05) is 12.1 Å². The molecule has 7 nitrogen and oxygen atoms in total. The number of carbonyl (C=O) groups is 1. The van der Waals surface area contributed by atoms with Crippen molar-refractivity contribution < 1.29 is 4.79 Å². The minimum atomic E-state index is -0.907. The van der Waals surface area contributed by atoms with Crippen LogP contribution in [-0.4, -0.2) is 20.9 Å². The molecule has 0 spiro atoms. The molecule has 2 atom stereocenters. The van der Waals surface area contributed by atoms with Gasteiger partial charge in [0.2, 0.25) is 5.91 Å². The second kappa shape index (κ2) is 6.09. The molecule has 0 aliphatic heterocycles. The quantitative estimate of drug-likeness (QED) is 0.798. The highest BCUT2D eigenvalue weighted by molar-refractivity contribution is 7.15. The van der Waals surface area contributed by atoms with Gasteiger partial charge < -0.3 is 5.32 Å². The lowest BCUT2D eigenvalue weighted by Gasteiger charge is -2.39. The van der Waals surface area contributed by atoms with Gasteiger partial charge in [-0.3, -0.25) is 4.79 Å². The van der Waals surface area contributed by atoms with Crippen LogP contribution in [0.1, 0.15) is 79.8 Å². The van der Waals surface area contributed by atoms with E-state index in [9.17, 15) is 15.3 Å². The highest BCUT2D eigenvalue weighted by atomic mass is 32.1. The highest BCUT2D eigenvalue weighted by Crippen LogP contribution is 2.70. The number of thiazole rings is 1. The van der Waals surface area contributed by atoms with Crippen molar-refractivity contribution in [1.29, 1.82) is 10.5 Å². The first kappa shape index (κ1) is 19.1. The van der Waals surface area contributed by atoms with E-state index in [1.54, 1.807) is 11.3 Å². The van der Waals surface area contributed by atoms with Gasteiger partial charge in [0.25, 0.3) is 0 Å². The molecule has 3 aliphatic rings. The summed E-state index contributed by atoms with van der Waals surface area (Å²) in [4.78, 5) is 28.8. The van der Waals surface area contributed by atoms with Crippen molar-refractivity contribution >= 4 is 22.4 Å². The summed E-state index contributed by atoms with van der Waals surface area (Å²) in [5, 5.41) is 22.6. The van der Waals surface area contributed by atoms with Gasteiger partial charge in [-0.1, -0.05) is 20.8 Å². The zero-order valence-corrected chi connectivity index (χ0v) is 18.1. The van der Waals surface area contributed by atoms with Crippen LogP contribution in [0, 0.1) is 28.1 Å². The van der Waals surface area contributed by atoms with E-state index in [2.05, 4.69) is 41.0 Å². The van der Waals surface area contributed by atoms with E-state index in [0.717, 1.165) is 31.4 Å². The molecule has 1 N–H and O–H groups in total. The maximum absolute atomic E-state index is 13.8. The Labute approximate surface area is 179 Å². The van der Waals surface area contributed by atoms with Gasteiger partial charge in [-0.05, 0) is 43.9 Å². The minimum Gasteiger partial charge on any atom is -0.301 e. The summed E-state index contributed by atoms with van der Waals surface area (Å²) in [5.74, 6) is -0.135. The molecule has 3 aliphatic carbocycles. The van der Waals surface area contributed by atoms with Gasteiger partial charge in [-0.25, -0.2) is 15.0 Å². The maximum atomic E-state index is 13.8. The predicted molar refractivity (Wildman–Crippen MR) is 111 cm³/mol. The first-order valence-corrected chi connectivity index (χ1v) is 11.1. The van der Waals surface area contributed by atoms with Crippen LogP contribution in [0.3, 0.4) is 0 Å². The summed E-state index contributed by atoms with van der Waals surface area (Å²) in [6, 6.07) is 3.96. The fourth-order valence-electron chi connectivity index (χ4n) is 5.75. The number of anilines is 1. The number of hydrogen-bond acceptors (Lipinski definition) is 7. The number of hydrogen-bond donors (Lipinski definition) is 1. The molecule has 30 heavy (non-hydrogen) atoms. The van der Waals surface area contributed by atoms with Crippen molar-refractivity contribution in [1.82, 2.24) is 15.0 Å². The van der Waals surface area contributed by atoms with Crippen LogP contribution in [0.5, 0.6) is 0 Å². The first-order valence-electron chi connectivity index (χ1n) is 10.3. The number of carbonyl (C=O) groups excluding carboxylic acids is 1. The van der Waals surface area contributed by atoms with E-state index < -0.39 is 16.2 Å². The second-order valence-electron chi connectivity index (χ2n) is 9.25. The van der Waals surface area contributed by atoms with Crippen LogP contribution >= 0.6 is 11.3 Å². The van der Waals surface area contributed by atoms with Gasteiger partial charge in [0.15, 0.2) is 16.5 Å². The summed E-state index contributed by atoms with van der Waals surface area (Å²) in [5.41, 5.74) is 0.586. The molecule has 0 saturated heterocycles. The van der Waals surface area contributed by atoms with Crippen molar-refractivity contribution in [3.63, 3.8) is 0 Å². The van der Waals surface area contributed by atoms with Crippen LogP contribution in [0.2, 0.25) is 0 Å². The number of nitrogens with one attached hydrogen (secondary N) is 1. The summed E-state index contributed by atoms with van der Waals surface area (Å²) < 4.78 is 0. The smallest absolute Gasteiger partial charge is 0.239 e. The van der Waals surface area contributed by atoms with Crippen molar-refractivity contribution in [2.45, 2.75) is 70.1 Å². The third-order valence-electron chi connectivity index (χ3n) is 7.93. The molecular formula is C22H22N6OS. The number of amides is 1. The van der Waals surface area contributed by atoms with E-state index in [4.69, 9.17) is 0 Å². The number of fused-ring (bicyclic) bond motifs is 6. The lowest BCUT2D eigenvalue weighted by molar-refractivity contribution is -0.125. The number of nitriles is 2. The largest absolute Gasteiger partial charge is 0.301 e. The van der Waals surface area contributed by atoms with Crippen LogP contribution in [0.25, 0.3) is 0 Å². The number of rotatable bonds is 2. The first-order chi connectivity index (χ1) is 14.3. The summed E-state index contributed by atoms with van der Waals surface area (Å²) in [7, 11) is 0. The molecule has 8 heteroatoms. The normalized spacial score (nSPS) is 27.6. The van der Waals surface area contributed by atoms with E-state index >= 15 is 0 Å². The third-order valence-corrected chi connectivity index (χ3v) is 9.01. The van der Waals surface area contributed by atoms with E-state index in [1.165, 1.54) is 11.3 Å². The van der Waals surface area contributed by atoms with Crippen LogP contribution < -0.4 is 5.32 Å². The molecule has 1 fully saturated rings. The summed E-state index contributed by atoms with van der Waals surface area (Å²) >= 11 is 1.57. The monoisotopic (exact) mass is 418 g/mol. The molecule has 2 bridgehead atoms. The standard InChI is InChI=1S/C22H22N6OS/c1-20(2)21(3)8-9-22(20,17-16(21)25-13(10-23)14(11-24)26-17)18(29)28-19-27-12-6-4-5-7-15(12)30-19/h4-9H2,1-3H3,(H,27,28,29). The molecule has 5 rings (SSSR count). The second-order valence-corrected chi connectivity index (χ2v) is 10.3. The third kappa shape index (κ3) is 2.12.